The van der Waals surface area contributed by atoms with Crippen molar-refractivity contribution in [2.75, 3.05) is 24.4 Å². The Kier molecular flexibility index (Phi) is 10.0. The van der Waals surface area contributed by atoms with Crippen LogP contribution < -0.4 is 31.6 Å². The fourth-order valence-electron chi connectivity index (χ4n) is 5.87. The van der Waals surface area contributed by atoms with Crippen molar-refractivity contribution in [1.29, 1.82) is 0 Å². The fraction of sp³-hybridized carbons (Fsp3) is 0.286. The Labute approximate surface area is 301 Å². The second-order valence-electron chi connectivity index (χ2n) is 11.8. The van der Waals surface area contributed by atoms with Crippen molar-refractivity contribution in [3.8, 4) is 11.5 Å². The molecule has 0 bridgehead atoms. The Morgan fingerprint density at radius 1 is 0.774 bits per heavy atom. The van der Waals surface area contributed by atoms with Gasteiger partial charge in [-0.15, -0.1) is 0 Å². The SMILES string of the molecule is CCc1nc(C)oc1Nc1nc2cc(C(N)=O)cc(OC)c2n1C/C=C/Cn1c(Nc2oc(C)nc2CC)nc2cc(C(N)=O)cc(OCC(=O)O)c21. The molecule has 0 unspecified atom stereocenters. The number of carbonyl (C=O) groups is 3. The number of imidazole rings is 2. The number of carbonyl (C=O) groups excluding carboxylic acids is 2. The average molecular weight is 727 g/mol. The number of hydrogen-bond acceptors (Lipinski definition) is 13. The molecule has 0 radical (unpaired) electrons. The van der Waals surface area contributed by atoms with Crippen LogP contribution in [0.4, 0.5) is 23.7 Å². The molecule has 0 aliphatic heterocycles. The second-order valence-corrected chi connectivity index (χ2v) is 11.8. The van der Waals surface area contributed by atoms with E-state index in [9.17, 15) is 19.5 Å². The quantitative estimate of drug-likeness (QED) is 0.0860. The number of hydrogen-bond donors (Lipinski definition) is 5. The van der Waals surface area contributed by atoms with Gasteiger partial charge in [0.25, 0.3) is 0 Å². The van der Waals surface area contributed by atoms with Gasteiger partial charge in [0.05, 0.1) is 18.1 Å². The summed E-state index contributed by atoms with van der Waals surface area (Å²) in [7, 11) is 1.49. The Morgan fingerprint density at radius 2 is 1.23 bits per heavy atom. The van der Waals surface area contributed by atoms with E-state index >= 15 is 0 Å². The number of ether oxygens (including phenoxy) is 2. The zero-order valence-electron chi connectivity index (χ0n) is 29.6. The molecule has 276 valence electrons. The Morgan fingerprint density at radius 3 is 1.64 bits per heavy atom. The molecule has 18 nitrogen and oxygen atoms in total. The van der Waals surface area contributed by atoms with E-state index in [0.717, 1.165) is 0 Å². The van der Waals surface area contributed by atoms with E-state index in [2.05, 4.69) is 20.6 Å². The van der Waals surface area contributed by atoms with Crippen LogP contribution >= 0.6 is 0 Å². The van der Waals surface area contributed by atoms with E-state index in [4.69, 9.17) is 39.7 Å². The maximum absolute atomic E-state index is 12.2. The van der Waals surface area contributed by atoms with Gasteiger partial charge in [0.15, 0.2) is 18.4 Å². The minimum atomic E-state index is -1.21. The molecule has 0 spiro atoms. The summed E-state index contributed by atoms with van der Waals surface area (Å²) in [5.74, 6) is 0.332. The van der Waals surface area contributed by atoms with E-state index in [1.807, 2.05) is 30.6 Å². The maximum atomic E-state index is 12.2. The molecule has 0 saturated carbocycles. The first-order valence-electron chi connectivity index (χ1n) is 16.6. The molecule has 2 aromatic carbocycles. The molecule has 6 aromatic rings. The number of amides is 2. The summed E-state index contributed by atoms with van der Waals surface area (Å²) in [6.45, 7) is 7.14. The molecule has 18 heteroatoms. The standard InChI is InChI=1S/C35H38N10O8/c1-6-21-32(52-17(3)38-21)42-34-40-23-12-19(30(36)48)14-25(50-5)28(23)44(34)10-8-9-11-45-29-24(13-20(31(37)49)15-26(29)51-16-27(46)47)41-35(45)43-33-22(7-2)39-18(4)53-33/h8-9,12-15H,6-7,10-11,16H2,1-5H3,(H2,36,48)(H2,37,49)(H,40,42)(H,41,43)(H,46,47)/b9-8+. The summed E-state index contributed by atoms with van der Waals surface area (Å²) in [6, 6.07) is 6.02. The Balaban J connectivity index is 1.43. The number of fused-ring (bicyclic) bond motifs is 2. The number of carboxylic acids is 1. The highest BCUT2D eigenvalue weighted by Crippen LogP contribution is 2.35. The Bertz CT molecular complexity index is 2400. The number of anilines is 4. The van der Waals surface area contributed by atoms with Crippen molar-refractivity contribution in [1.82, 2.24) is 29.1 Å². The maximum Gasteiger partial charge on any atom is 0.341 e. The normalized spacial score (nSPS) is 11.5. The van der Waals surface area contributed by atoms with E-state index in [1.54, 1.807) is 30.5 Å². The largest absolute Gasteiger partial charge is 0.494 e. The molecule has 0 saturated heterocycles. The summed E-state index contributed by atoms with van der Waals surface area (Å²) in [4.78, 5) is 54.2. The number of carboxylic acid groups (broad SMARTS) is 1. The van der Waals surface area contributed by atoms with Crippen molar-refractivity contribution < 1.29 is 37.8 Å². The lowest BCUT2D eigenvalue weighted by atomic mass is 10.1. The number of nitrogens with two attached hydrogens (primary N) is 2. The summed E-state index contributed by atoms with van der Waals surface area (Å²) in [6.07, 6.45) is 4.92. The number of primary amides is 2. The molecule has 6 rings (SSSR count). The molecule has 0 fully saturated rings. The summed E-state index contributed by atoms with van der Waals surface area (Å²) >= 11 is 0. The summed E-state index contributed by atoms with van der Waals surface area (Å²) < 4.78 is 26.6. The number of aryl methyl sites for hydroxylation is 4. The number of oxazole rings is 2. The van der Waals surface area contributed by atoms with Crippen molar-refractivity contribution >= 4 is 63.5 Å². The van der Waals surface area contributed by atoms with Crippen LogP contribution in [-0.2, 0) is 30.7 Å². The van der Waals surface area contributed by atoms with Crippen molar-refractivity contribution in [2.45, 2.75) is 53.6 Å². The summed E-state index contributed by atoms with van der Waals surface area (Å²) in [5, 5.41) is 15.8. The van der Waals surface area contributed by atoms with Gasteiger partial charge in [-0.05, 0) is 37.1 Å². The molecular weight excluding hydrogens is 688 g/mol. The number of aliphatic carboxylic acids is 1. The number of nitrogens with zero attached hydrogens (tertiary/aromatic N) is 6. The van der Waals surface area contributed by atoms with Gasteiger partial charge in [-0.1, -0.05) is 26.0 Å². The van der Waals surface area contributed by atoms with Crippen LogP contribution in [0.1, 0.15) is 57.7 Å². The zero-order valence-corrected chi connectivity index (χ0v) is 29.6. The van der Waals surface area contributed by atoms with Crippen LogP contribution in [0.3, 0.4) is 0 Å². The highest BCUT2D eigenvalue weighted by molar-refractivity contribution is 6.00. The number of allylic oxidation sites excluding steroid dienone is 2. The highest BCUT2D eigenvalue weighted by Gasteiger charge is 2.22. The van der Waals surface area contributed by atoms with Gasteiger partial charge >= 0.3 is 5.97 Å². The van der Waals surface area contributed by atoms with Gasteiger partial charge in [0.1, 0.15) is 33.9 Å². The third-order valence-corrected chi connectivity index (χ3v) is 8.23. The first-order chi connectivity index (χ1) is 25.4. The first kappa shape index (κ1) is 36.0. The minimum Gasteiger partial charge on any atom is -0.494 e. The van der Waals surface area contributed by atoms with Crippen LogP contribution in [0.25, 0.3) is 22.1 Å². The molecule has 4 aromatic heterocycles. The van der Waals surface area contributed by atoms with Gasteiger partial charge < -0.3 is 44.0 Å². The lowest BCUT2D eigenvalue weighted by molar-refractivity contribution is -0.139. The predicted octanol–water partition coefficient (Wildman–Crippen LogP) is 4.52. The smallest absolute Gasteiger partial charge is 0.341 e. The van der Waals surface area contributed by atoms with Crippen LogP contribution in [-0.4, -0.2) is 65.7 Å². The van der Waals surface area contributed by atoms with E-state index in [0.29, 0.717) is 87.5 Å². The number of benzene rings is 2. The third-order valence-electron chi connectivity index (χ3n) is 8.23. The lowest BCUT2D eigenvalue weighted by Crippen LogP contribution is -2.14. The molecule has 4 heterocycles. The molecule has 53 heavy (non-hydrogen) atoms. The van der Waals surface area contributed by atoms with Crippen LogP contribution in [0.2, 0.25) is 0 Å². The van der Waals surface area contributed by atoms with E-state index in [-0.39, 0.29) is 30.0 Å². The average Bonchev–Trinajstić information content (AvgIpc) is 3.87. The Hall–Kier alpha value is -6.85. The minimum absolute atomic E-state index is 0.0861. The van der Waals surface area contributed by atoms with Gasteiger partial charge in [-0.3, -0.25) is 20.2 Å². The van der Waals surface area contributed by atoms with Gasteiger partial charge in [0, 0.05) is 38.1 Å². The lowest BCUT2D eigenvalue weighted by Gasteiger charge is -2.12. The monoisotopic (exact) mass is 726 g/mol. The number of rotatable bonds is 16. The molecule has 7 N–H and O–H groups in total. The van der Waals surface area contributed by atoms with Crippen LogP contribution in [0.5, 0.6) is 11.5 Å². The van der Waals surface area contributed by atoms with Gasteiger partial charge in [-0.25, -0.2) is 24.7 Å². The molecule has 2 amide bonds. The number of nitrogens with one attached hydrogen (secondary N) is 2. The second kappa shape index (κ2) is 14.8. The van der Waals surface area contributed by atoms with Crippen molar-refractivity contribution in [2.24, 2.45) is 11.5 Å². The van der Waals surface area contributed by atoms with Crippen molar-refractivity contribution in [3.63, 3.8) is 0 Å². The molecule has 0 aliphatic rings. The number of methoxy groups -OCH3 is 1. The molecular formula is C35H38N10O8. The summed E-state index contributed by atoms with van der Waals surface area (Å²) in [5.41, 5.74) is 14.7. The van der Waals surface area contributed by atoms with Crippen LogP contribution in [0.15, 0.2) is 45.3 Å². The van der Waals surface area contributed by atoms with Crippen LogP contribution in [0, 0.1) is 13.8 Å². The predicted molar refractivity (Wildman–Crippen MR) is 193 cm³/mol. The molecule has 0 atom stereocenters. The van der Waals surface area contributed by atoms with Crippen molar-refractivity contribution in [3.05, 3.63) is 70.7 Å². The van der Waals surface area contributed by atoms with Gasteiger partial charge in [0.2, 0.25) is 35.5 Å². The van der Waals surface area contributed by atoms with E-state index in [1.165, 1.54) is 19.2 Å². The third kappa shape index (κ3) is 7.32. The highest BCUT2D eigenvalue weighted by atomic mass is 16.5. The topological polar surface area (TPSA) is 254 Å². The number of aromatic nitrogens is 6. The van der Waals surface area contributed by atoms with E-state index < -0.39 is 24.4 Å². The molecule has 0 aliphatic carbocycles. The fourth-order valence-corrected chi connectivity index (χ4v) is 5.87. The first-order valence-corrected chi connectivity index (χ1v) is 16.6. The van der Waals surface area contributed by atoms with Gasteiger partial charge in [-0.2, -0.15) is 0 Å². The zero-order chi connectivity index (χ0) is 38.0.